The van der Waals surface area contributed by atoms with Gasteiger partial charge in [0.05, 0.1) is 5.69 Å². The van der Waals surface area contributed by atoms with Crippen LogP contribution < -0.4 is 11.1 Å². The van der Waals surface area contributed by atoms with Crippen molar-refractivity contribution in [1.29, 1.82) is 0 Å². The lowest BCUT2D eigenvalue weighted by molar-refractivity contribution is 0.0963. The number of rotatable bonds is 3. The van der Waals surface area contributed by atoms with Crippen LogP contribution in [0.2, 0.25) is 0 Å². The summed E-state index contributed by atoms with van der Waals surface area (Å²) >= 11 is 1.37. The number of pyridine rings is 1. The van der Waals surface area contributed by atoms with Crippen LogP contribution in [-0.2, 0) is 12.8 Å². The monoisotopic (exact) mass is 273 g/mol. The molecule has 0 radical (unpaired) electrons. The molecule has 0 saturated carbocycles. The third kappa shape index (κ3) is 2.00. The normalized spacial score (nSPS) is 13.5. The lowest BCUT2D eigenvalue weighted by Gasteiger charge is -2.00. The van der Waals surface area contributed by atoms with Gasteiger partial charge in [-0.05, 0) is 30.9 Å². The van der Waals surface area contributed by atoms with E-state index in [9.17, 15) is 4.79 Å². The van der Waals surface area contributed by atoms with Crippen molar-refractivity contribution in [1.82, 2.24) is 10.3 Å². The van der Waals surface area contributed by atoms with Crippen LogP contribution >= 0.6 is 11.3 Å². The molecule has 4 nitrogen and oxygen atoms in total. The zero-order valence-corrected chi connectivity index (χ0v) is 11.3. The maximum absolute atomic E-state index is 12.0. The Morgan fingerprint density at radius 3 is 3.21 bits per heavy atom. The molecular weight excluding hydrogens is 258 g/mol. The zero-order chi connectivity index (χ0) is 13.4. The average molecular weight is 273 g/mol. The second-order valence-corrected chi connectivity index (χ2v) is 5.64. The molecule has 0 saturated heterocycles. The standard InChI is InChI=1S/C14H15N3OS/c1-2-6-16-13(18)12-11(15)9-7-8-4-3-5-10(8)17-14(9)19-12/h2,7H,1,3-6,15H2,(H,16,18). The number of nitrogens with one attached hydrogen (secondary N) is 1. The van der Waals surface area contributed by atoms with Gasteiger partial charge >= 0.3 is 0 Å². The molecule has 19 heavy (non-hydrogen) atoms. The second-order valence-electron chi connectivity index (χ2n) is 4.64. The van der Waals surface area contributed by atoms with E-state index in [-0.39, 0.29) is 5.91 Å². The first-order valence-electron chi connectivity index (χ1n) is 6.30. The number of aryl methyl sites for hydroxylation is 2. The Balaban J connectivity index is 2.05. The number of thiophene rings is 1. The van der Waals surface area contributed by atoms with Gasteiger partial charge in [-0.15, -0.1) is 17.9 Å². The largest absolute Gasteiger partial charge is 0.397 e. The molecule has 1 aliphatic rings. The molecule has 0 bridgehead atoms. The van der Waals surface area contributed by atoms with E-state index in [1.165, 1.54) is 16.9 Å². The van der Waals surface area contributed by atoms with Gasteiger partial charge in [-0.25, -0.2) is 4.98 Å². The van der Waals surface area contributed by atoms with Crippen LogP contribution in [0.1, 0.15) is 27.3 Å². The molecule has 2 heterocycles. The Morgan fingerprint density at radius 1 is 1.58 bits per heavy atom. The first-order valence-corrected chi connectivity index (χ1v) is 7.12. The van der Waals surface area contributed by atoms with E-state index < -0.39 is 0 Å². The summed E-state index contributed by atoms with van der Waals surface area (Å²) in [6.45, 7) is 4.02. The minimum absolute atomic E-state index is 0.152. The van der Waals surface area contributed by atoms with Crippen molar-refractivity contribution in [2.75, 3.05) is 12.3 Å². The number of hydrogen-bond donors (Lipinski definition) is 2. The van der Waals surface area contributed by atoms with Gasteiger partial charge in [0.2, 0.25) is 0 Å². The number of carbonyl (C=O) groups is 1. The number of carbonyl (C=O) groups excluding carboxylic acids is 1. The molecule has 0 aliphatic heterocycles. The van der Waals surface area contributed by atoms with Crippen LogP contribution in [0.5, 0.6) is 0 Å². The molecule has 0 unspecified atom stereocenters. The maximum atomic E-state index is 12.0. The molecule has 2 aromatic heterocycles. The number of anilines is 1. The SMILES string of the molecule is C=CCNC(=O)c1sc2nc3c(cc2c1N)CCC3. The summed E-state index contributed by atoms with van der Waals surface area (Å²) in [6.07, 6.45) is 4.90. The predicted octanol–water partition coefficient (Wildman–Crippen LogP) is 2.28. The van der Waals surface area contributed by atoms with Crippen molar-refractivity contribution < 1.29 is 4.79 Å². The summed E-state index contributed by atoms with van der Waals surface area (Å²) in [6, 6.07) is 2.10. The van der Waals surface area contributed by atoms with E-state index in [0.29, 0.717) is 17.1 Å². The number of nitrogens with zero attached hydrogens (tertiary/aromatic N) is 1. The van der Waals surface area contributed by atoms with Crippen molar-refractivity contribution >= 4 is 33.1 Å². The third-order valence-corrected chi connectivity index (χ3v) is 4.48. The molecule has 2 aromatic rings. The molecule has 1 amide bonds. The molecule has 98 valence electrons. The number of nitrogens with two attached hydrogens (primary N) is 1. The van der Waals surface area contributed by atoms with E-state index in [0.717, 1.165) is 35.2 Å². The van der Waals surface area contributed by atoms with Gasteiger partial charge in [-0.1, -0.05) is 6.08 Å². The van der Waals surface area contributed by atoms with E-state index in [1.807, 2.05) is 0 Å². The highest BCUT2D eigenvalue weighted by Crippen LogP contribution is 2.35. The fourth-order valence-corrected chi connectivity index (χ4v) is 3.42. The number of aromatic nitrogens is 1. The molecule has 0 spiro atoms. The second kappa shape index (κ2) is 4.66. The fraction of sp³-hybridized carbons (Fsp3) is 0.286. The van der Waals surface area contributed by atoms with Crippen LogP contribution in [0.25, 0.3) is 10.2 Å². The summed E-state index contributed by atoms with van der Waals surface area (Å²) in [4.78, 5) is 18.0. The highest BCUT2D eigenvalue weighted by molar-refractivity contribution is 7.21. The Kier molecular flexibility index (Phi) is 2.98. The van der Waals surface area contributed by atoms with Crippen LogP contribution in [-0.4, -0.2) is 17.4 Å². The van der Waals surface area contributed by atoms with Crippen molar-refractivity contribution in [3.63, 3.8) is 0 Å². The Labute approximate surface area is 115 Å². The van der Waals surface area contributed by atoms with Crippen molar-refractivity contribution in [2.24, 2.45) is 0 Å². The Hall–Kier alpha value is -1.88. The van der Waals surface area contributed by atoms with Gasteiger partial charge in [0.15, 0.2) is 0 Å². The van der Waals surface area contributed by atoms with E-state index in [2.05, 4.69) is 22.9 Å². The molecule has 0 fully saturated rings. The van der Waals surface area contributed by atoms with Gasteiger partial charge in [-0.2, -0.15) is 0 Å². The van der Waals surface area contributed by atoms with Crippen LogP contribution in [0.4, 0.5) is 5.69 Å². The number of hydrogen-bond acceptors (Lipinski definition) is 4. The van der Waals surface area contributed by atoms with Crippen LogP contribution in [0.15, 0.2) is 18.7 Å². The van der Waals surface area contributed by atoms with Crippen molar-refractivity contribution in [2.45, 2.75) is 19.3 Å². The van der Waals surface area contributed by atoms with Gasteiger partial charge in [0.25, 0.3) is 5.91 Å². The summed E-state index contributed by atoms with van der Waals surface area (Å²) in [7, 11) is 0. The summed E-state index contributed by atoms with van der Waals surface area (Å²) in [5.74, 6) is -0.152. The van der Waals surface area contributed by atoms with Crippen LogP contribution in [0.3, 0.4) is 0 Å². The molecule has 3 rings (SSSR count). The molecule has 0 atom stereocenters. The zero-order valence-electron chi connectivity index (χ0n) is 10.5. The topological polar surface area (TPSA) is 68.0 Å². The maximum Gasteiger partial charge on any atom is 0.263 e. The predicted molar refractivity (Wildman–Crippen MR) is 78.6 cm³/mol. The Morgan fingerprint density at radius 2 is 2.42 bits per heavy atom. The first kappa shape index (κ1) is 12.2. The van der Waals surface area contributed by atoms with Gasteiger partial charge in [-0.3, -0.25) is 4.79 Å². The number of nitrogen functional groups attached to an aromatic ring is 1. The molecule has 0 aromatic carbocycles. The molecular formula is C14H15N3OS. The van der Waals surface area contributed by atoms with E-state index >= 15 is 0 Å². The van der Waals surface area contributed by atoms with Crippen LogP contribution in [0, 0.1) is 0 Å². The smallest absolute Gasteiger partial charge is 0.263 e. The Bertz CT molecular complexity index is 675. The molecule has 3 N–H and O–H groups in total. The lowest BCUT2D eigenvalue weighted by Crippen LogP contribution is -2.22. The average Bonchev–Trinajstić information content (AvgIpc) is 2.98. The molecule has 1 aliphatic carbocycles. The molecule has 5 heteroatoms. The minimum atomic E-state index is -0.152. The van der Waals surface area contributed by atoms with Crippen molar-refractivity contribution in [3.05, 3.63) is 34.9 Å². The number of amides is 1. The fourth-order valence-electron chi connectivity index (χ4n) is 2.41. The quantitative estimate of drug-likeness (QED) is 0.843. The summed E-state index contributed by atoms with van der Waals surface area (Å²) < 4.78 is 0. The summed E-state index contributed by atoms with van der Waals surface area (Å²) in [5, 5.41) is 3.66. The lowest BCUT2D eigenvalue weighted by atomic mass is 10.1. The number of fused-ring (bicyclic) bond motifs is 2. The van der Waals surface area contributed by atoms with E-state index in [1.54, 1.807) is 6.08 Å². The third-order valence-electron chi connectivity index (χ3n) is 3.36. The van der Waals surface area contributed by atoms with E-state index in [4.69, 9.17) is 5.73 Å². The van der Waals surface area contributed by atoms with Crippen molar-refractivity contribution in [3.8, 4) is 0 Å². The first-order chi connectivity index (χ1) is 9.20. The highest BCUT2D eigenvalue weighted by atomic mass is 32.1. The highest BCUT2D eigenvalue weighted by Gasteiger charge is 2.20. The van der Waals surface area contributed by atoms with Gasteiger partial charge in [0, 0.05) is 17.6 Å². The minimum Gasteiger partial charge on any atom is -0.397 e. The summed E-state index contributed by atoms with van der Waals surface area (Å²) in [5.41, 5.74) is 9.07. The van der Waals surface area contributed by atoms with Gasteiger partial charge in [0.1, 0.15) is 9.71 Å². The van der Waals surface area contributed by atoms with Gasteiger partial charge < -0.3 is 11.1 Å².